The molecule has 3 unspecified atom stereocenters. The molecule has 4 aromatic rings. The molecule has 0 saturated carbocycles. The molecule has 1 aliphatic heterocycles. The number of rotatable bonds is 4. The summed E-state index contributed by atoms with van der Waals surface area (Å²) in [4.78, 5) is 23.4. The Hall–Kier alpha value is -4.16. The molecular formula is C29H24ClN3O3. The fourth-order valence-corrected chi connectivity index (χ4v) is 5.48. The van der Waals surface area contributed by atoms with Crippen LogP contribution in [0.1, 0.15) is 39.9 Å². The van der Waals surface area contributed by atoms with Gasteiger partial charge in [-0.2, -0.15) is 0 Å². The molecule has 180 valence electrons. The van der Waals surface area contributed by atoms with Crippen molar-refractivity contribution in [1.29, 1.82) is 0 Å². The van der Waals surface area contributed by atoms with Crippen molar-refractivity contribution in [2.24, 2.45) is 5.92 Å². The Bertz CT molecular complexity index is 1520. The molecule has 0 aromatic heterocycles. The zero-order valence-electron chi connectivity index (χ0n) is 19.3. The fourth-order valence-electron chi connectivity index (χ4n) is 5.48. The van der Waals surface area contributed by atoms with Gasteiger partial charge in [0.1, 0.15) is 0 Å². The van der Waals surface area contributed by atoms with Crippen LogP contribution in [0.5, 0.6) is 0 Å². The number of fused-ring (bicyclic) bond motifs is 5. The molecule has 0 spiro atoms. The van der Waals surface area contributed by atoms with Crippen LogP contribution in [0.4, 0.5) is 17.1 Å². The summed E-state index contributed by atoms with van der Waals surface area (Å²) in [5, 5.41) is 20.3. The van der Waals surface area contributed by atoms with Gasteiger partial charge in [-0.05, 0) is 58.5 Å². The number of nitro benzene ring substituents is 1. The normalized spacial score (nSPS) is 19.5. The van der Waals surface area contributed by atoms with Crippen molar-refractivity contribution in [3.8, 4) is 0 Å². The predicted octanol–water partition coefficient (Wildman–Crippen LogP) is 7.25. The van der Waals surface area contributed by atoms with Gasteiger partial charge in [0.2, 0.25) is 0 Å². The molecule has 6 rings (SSSR count). The Morgan fingerprint density at radius 1 is 0.972 bits per heavy atom. The number of allylic oxidation sites excluding steroid dienone is 2. The molecule has 1 aliphatic carbocycles. The van der Waals surface area contributed by atoms with E-state index >= 15 is 0 Å². The minimum Gasteiger partial charge on any atom is -0.378 e. The molecular weight excluding hydrogens is 474 g/mol. The number of non-ortho nitro benzene ring substituents is 1. The second-order valence-corrected chi connectivity index (χ2v) is 9.11. The number of carbonyl (C=O) groups is 1. The van der Waals surface area contributed by atoms with Crippen molar-refractivity contribution in [2.75, 3.05) is 10.6 Å². The quantitative estimate of drug-likeness (QED) is 0.177. The van der Waals surface area contributed by atoms with Crippen LogP contribution in [0.25, 0.3) is 10.8 Å². The molecule has 1 heterocycles. The van der Waals surface area contributed by atoms with E-state index in [2.05, 4.69) is 65.3 Å². The molecule has 4 aromatic carbocycles. The van der Waals surface area contributed by atoms with E-state index < -0.39 is 4.92 Å². The second kappa shape index (κ2) is 9.47. The van der Waals surface area contributed by atoms with Crippen molar-refractivity contribution in [3.63, 3.8) is 0 Å². The third-order valence-electron chi connectivity index (χ3n) is 7.08. The topological polar surface area (TPSA) is 84.3 Å². The highest BCUT2D eigenvalue weighted by molar-refractivity contribution is 6.04. The molecule has 3 atom stereocenters. The first-order valence-electron chi connectivity index (χ1n) is 11.7. The smallest absolute Gasteiger partial charge is 0.270 e. The number of hydrogen-bond donors (Lipinski definition) is 2. The number of benzene rings is 4. The van der Waals surface area contributed by atoms with E-state index in [1.807, 2.05) is 18.2 Å². The number of hydrogen-bond acceptors (Lipinski definition) is 4. The molecule has 0 radical (unpaired) electrons. The third-order valence-corrected chi connectivity index (χ3v) is 7.08. The fraction of sp³-hybridized carbons (Fsp3) is 0.138. The third kappa shape index (κ3) is 4.10. The van der Waals surface area contributed by atoms with E-state index in [1.54, 1.807) is 6.07 Å². The van der Waals surface area contributed by atoms with Gasteiger partial charge in [0.15, 0.2) is 0 Å². The highest BCUT2D eigenvalue weighted by atomic mass is 35.5. The van der Waals surface area contributed by atoms with Crippen LogP contribution in [0.3, 0.4) is 0 Å². The van der Waals surface area contributed by atoms with Gasteiger partial charge < -0.3 is 10.6 Å². The number of nitrogens with zero attached hydrogens (tertiary/aromatic N) is 1. The maximum atomic E-state index is 12.8. The SMILES string of the molecule is Cl.O=C(Nc1cccc(C2Nc3ccc4ccccc4c3C3C=CCC32)c1)c1cccc([N+](=O)[O-])c1. The zero-order valence-corrected chi connectivity index (χ0v) is 20.1. The minimum atomic E-state index is -0.501. The van der Waals surface area contributed by atoms with Crippen molar-refractivity contribution in [3.05, 3.63) is 124 Å². The van der Waals surface area contributed by atoms with E-state index in [0.717, 1.165) is 17.7 Å². The highest BCUT2D eigenvalue weighted by Crippen LogP contribution is 2.51. The van der Waals surface area contributed by atoms with Gasteiger partial charge in [0.25, 0.3) is 11.6 Å². The number of anilines is 2. The predicted molar refractivity (Wildman–Crippen MR) is 145 cm³/mol. The van der Waals surface area contributed by atoms with E-state index in [1.165, 1.54) is 34.5 Å². The Kier molecular flexibility index (Phi) is 6.20. The molecule has 0 fully saturated rings. The first-order chi connectivity index (χ1) is 17.1. The molecule has 2 aliphatic rings. The summed E-state index contributed by atoms with van der Waals surface area (Å²) < 4.78 is 0. The van der Waals surface area contributed by atoms with Crippen LogP contribution in [0.15, 0.2) is 97.1 Å². The van der Waals surface area contributed by atoms with Gasteiger partial charge >= 0.3 is 0 Å². The molecule has 0 bridgehead atoms. The number of nitrogens with one attached hydrogen (secondary N) is 2. The first kappa shape index (κ1) is 23.6. The molecule has 1 amide bonds. The van der Waals surface area contributed by atoms with Crippen molar-refractivity contribution in [1.82, 2.24) is 0 Å². The number of nitro groups is 1. The van der Waals surface area contributed by atoms with Gasteiger partial charge in [0.05, 0.1) is 11.0 Å². The van der Waals surface area contributed by atoms with Crippen LogP contribution >= 0.6 is 12.4 Å². The monoisotopic (exact) mass is 497 g/mol. The summed E-state index contributed by atoms with van der Waals surface area (Å²) in [5.74, 6) is 0.321. The van der Waals surface area contributed by atoms with Gasteiger partial charge in [-0.1, -0.05) is 60.7 Å². The van der Waals surface area contributed by atoms with Crippen LogP contribution in [0.2, 0.25) is 0 Å². The molecule has 7 heteroatoms. The lowest BCUT2D eigenvalue weighted by atomic mass is 9.75. The Morgan fingerprint density at radius 2 is 1.81 bits per heavy atom. The van der Waals surface area contributed by atoms with Crippen LogP contribution < -0.4 is 10.6 Å². The summed E-state index contributed by atoms with van der Waals surface area (Å²) in [6.07, 6.45) is 5.59. The average Bonchev–Trinajstić information content (AvgIpc) is 3.38. The standard InChI is InChI=1S/C29H23N3O3.ClH/c33-29(20-8-4-10-22(17-20)32(34)35)30-21-9-3-7-19(16-21)28-25-13-5-12-24(25)27-23-11-2-1-6-18(23)14-15-26(27)31-28;/h1-12,14-17,24-25,28,31H,13H2,(H,30,33);1H. The number of carbonyl (C=O) groups excluding carboxylic acids is 1. The molecule has 36 heavy (non-hydrogen) atoms. The largest absolute Gasteiger partial charge is 0.378 e. The summed E-state index contributed by atoms with van der Waals surface area (Å²) >= 11 is 0. The van der Waals surface area contributed by atoms with E-state index in [0.29, 0.717) is 17.5 Å². The van der Waals surface area contributed by atoms with Crippen molar-refractivity contribution < 1.29 is 9.72 Å². The lowest BCUT2D eigenvalue weighted by molar-refractivity contribution is -0.384. The number of amides is 1. The average molecular weight is 498 g/mol. The molecule has 6 nitrogen and oxygen atoms in total. The van der Waals surface area contributed by atoms with E-state index in [-0.39, 0.29) is 35.6 Å². The summed E-state index contributed by atoms with van der Waals surface area (Å²) in [6, 6.07) is 26.6. The zero-order chi connectivity index (χ0) is 23.9. The minimum absolute atomic E-state index is 0. The Balaban J connectivity index is 0.00000267. The van der Waals surface area contributed by atoms with Crippen molar-refractivity contribution in [2.45, 2.75) is 18.4 Å². The van der Waals surface area contributed by atoms with Gasteiger partial charge in [-0.15, -0.1) is 12.4 Å². The lowest BCUT2D eigenvalue weighted by Crippen LogP contribution is -2.29. The maximum absolute atomic E-state index is 12.8. The van der Waals surface area contributed by atoms with E-state index in [4.69, 9.17) is 0 Å². The molecule has 0 saturated heterocycles. The van der Waals surface area contributed by atoms with Crippen LogP contribution in [-0.2, 0) is 0 Å². The summed E-state index contributed by atoms with van der Waals surface area (Å²) in [7, 11) is 0. The maximum Gasteiger partial charge on any atom is 0.270 e. The lowest BCUT2D eigenvalue weighted by Gasteiger charge is -2.38. The highest BCUT2D eigenvalue weighted by Gasteiger charge is 2.38. The van der Waals surface area contributed by atoms with Gasteiger partial charge in [0, 0.05) is 35.0 Å². The first-order valence-corrected chi connectivity index (χ1v) is 11.7. The summed E-state index contributed by atoms with van der Waals surface area (Å²) in [5.41, 5.74) is 4.40. The number of halogens is 1. The second-order valence-electron chi connectivity index (χ2n) is 9.11. The van der Waals surface area contributed by atoms with E-state index in [9.17, 15) is 14.9 Å². The Labute approximate surface area is 214 Å². The van der Waals surface area contributed by atoms with Crippen LogP contribution in [-0.4, -0.2) is 10.8 Å². The van der Waals surface area contributed by atoms with Gasteiger partial charge in [-0.25, -0.2) is 0 Å². The van der Waals surface area contributed by atoms with Crippen molar-refractivity contribution >= 4 is 46.1 Å². The van der Waals surface area contributed by atoms with Gasteiger partial charge in [-0.3, -0.25) is 14.9 Å². The molecule has 2 N–H and O–H groups in total. The summed E-state index contributed by atoms with van der Waals surface area (Å²) in [6.45, 7) is 0. The van der Waals surface area contributed by atoms with Crippen LogP contribution in [0, 0.1) is 16.0 Å². The Morgan fingerprint density at radius 3 is 2.67 bits per heavy atom.